The molecule has 1 heterocycles. The van der Waals surface area contributed by atoms with Crippen LogP contribution in [0.1, 0.15) is 97.8 Å². The first kappa shape index (κ1) is 47.3. The number of carbonyl (C=O) groups is 2. The van der Waals surface area contributed by atoms with E-state index in [1.807, 2.05) is 94.4 Å². The van der Waals surface area contributed by atoms with E-state index in [4.69, 9.17) is 39.3 Å². The third-order valence-electron chi connectivity index (χ3n) is 10.7. The molecule has 0 N–H and O–H groups in total. The van der Waals surface area contributed by atoms with E-state index in [2.05, 4.69) is 31.8 Å². The summed E-state index contributed by atoms with van der Waals surface area (Å²) in [5.74, 6) is -0.179. The van der Waals surface area contributed by atoms with Crippen LogP contribution in [0.2, 0.25) is 25.7 Å². The van der Waals surface area contributed by atoms with Gasteiger partial charge in [-0.1, -0.05) is 0 Å². The van der Waals surface area contributed by atoms with Gasteiger partial charge in [0, 0.05) is 0 Å². The average Bonchev–Trinajstić information content (AvgIpc) is 3.58. The number of benzene rings is 4. The van der Waals surface area contributed by atoms with Crippen LogP contribution in [0.4, 0.5) is 0 Å². The van der Waals surface area contributed by atoms with E-state index in [0.29, 0.717) is 54.9 Å². The summed E-state index contributed by atoms with van der Waals surface area (Å²) in [6.45, 7) is 14.9. The molecule has 0 spiro atoms. The van der Waals surface area contributed by atoms with Gasteiger partial charge in [-0.15, -0.1) is 0 Å². The zero-order chi connectivity index (χ0) is 45.6. The summed E-state index contributed by atoms with van der Waals surface area (Å²) in [4.78, 5) is 27.9. The van der Waals surface area contributed by atoms with Crippen molar-refractivity contribution in [1.29, 1.82) is 0 Å². The number of hydrogen-bond donors (Lipinski definition) is 0. The van der Waals surface area contributed by atoms with Gasteiger partial charge >= 0.3 is 379 Å². The van der Waals surface area contributed by atoms with Crippen LogP contribution in [0.15, 0.2) is 97.1 Å². The van der Waals surface area contributed by atoms with Gasteiger partial charge in [0.1, 0.15) is 0 Å². The molecule has 6 atom stereocenters. The maximum absolute atomic E-state index is 14.4. The fourth-order valence-corrected chi connectivity index (χ4v) is 10.4. The SMILES string of the molecule is [3H]C(C)[C@H](C)CC[C@H](OC(=O)c1ccccc1)[C@H]1OC(C)(C)O[C@@H]1CC[C@H]([Se]c1ccccc1)c1cc(OCc2ccc(OC)cc2)cc(OCOC)c1C(=O)OCC[Si](C)(C)C. The van der Waals surface area contributed by atoms with Crippen LogP contribution < -0.4 is 18.7 Å². The number of rotatable bonds is 24. The molecule has 1 saturated heterocycles. The predicted octanol–water partition coefficient (Wildman–Crippen LogP) is 10.2. The third-order valence-corrected chi connectivity index (χ3v) is 15.2. The standard InChI is InChI=1S/C50H66O10SeSi/c1-10-35(2)21-26-42(58-48(51)37-17-13-11-14-18-37)47-43(59-50(3,4)60-47)27-28-45(61-40-19-15-12-16-20-40)41-31-39(56-33-36-22-24-38(54-6)25-23-36)32-44(57-34-53-5)46(41)49(52)55-29-30-62(7,8)9/h11-20,22-25,31-32,35,42-43,45,47H,10,21,26-30,33-34H2,1-9H3/t35-,42-,43+,45-,47+/m0/s1/i10T/t10?,35-,42-,43+,45-,47+. The molecule has 10 nitrogen and oxygen atoms in total. The molecule has 0 radical (unpaired) electrons. The van der Waals surface area contributed by atoms with Crippen molar-refractivity contribution >= 4 is 39.4 Å². The van der Waals surface area contributed by atoms with Crippen molar-refractivity contribution in [3.05, 3.63) is 119 Å². The Kier molecular flexibility index (Phi) is 17.9. The zero-order valence-electron chi connectivity index (χ0n) is 38.8. The number of esters is 2. The predicted molar refractivity (Wildman–Crippen MR) is 247 cm³/mol. The summed E-state index contributed by atoms with van der Waals surface area (Å²) in [6.07, 6.45) is 0.304. The van der Waals surface area contributed by atoms with Crippen LogP contribution >= 0.6 is 0 Å². The normalized spacial score (nSPS) is 18.2. The summed E-state index contributed by atoms with van der Waals surface area (Å²) in [6, 6.07) is 31.4. The second kappa shape index (κ2) is 23.5. The Labute approximate surface area is 377 Å². The van der Waals surface area contributed by atoms with E-state index in [1.54, 1.807) is 32.4 Å². The van der Waals surface area contributed by atoms with Crippen molar-refractivity contribution in [3.63, 3.8) is 0 Å². The summed E-state index contributed by atoms with van der Waals surface area (Å²) >= 11 is -0.203. The summed E-state index contributed by atoms with van der Waals surface area (Å²) in [7, 11) is 1.65. The summed E-state index contributed by atoms with van der Waals surface area (Å²) < 4.78 is 58.6. The van der Waals surface area contributed by atoms with Crippen LogP contribution in [-0.4, -0.2) is 86.7 Å². The molecule has 4 aromatic carbocycles. The molecule has 1 fully saturated rings. The molecule has 0 aromatic heterocycles. The second-order valence-electron chi connectivity index (χ2n) is 17.4. The Morgan fingerprint density at radius 1 is 0.855 bits per heavy atom. The quantitative estimate of drug-likeness (QED) is 0.0383. The topological polar surface area (TPSA) is 108 Å². The van der Waals surface area contributed by atoms with Gasteiger partial charge in [0.2, 0.25) is 0 Å². The Morgan fingerprint density at radius 3 is 2.19 bits per heavy atom. The second-order valence-corrected chi connectivity index (χ2v) is 25.7. The van der Waals surface area contributed by atoms with Gasteiger partial charge in [0.25, 0.3) is 0 Å². The van der Waals surface area contributed by atoms with Gasteiger partial charge in [0.05, 0.1) is 0 Å². The fourth-order valence-electron chi connectivity index (χ4n) is 7.14. The van der Waals surface area contributed by atoms with E-state index in [0.717, 1.165) is 27.4 Å². The van der Waals surface area contributed by atoms with Gasteiger partial charge in [-0.05, 0) is 0 Å². The van der Waals surface area contributed by atoms with Gasteiger partial charge in [-0.2, -0.15) is 0 Å². The first-order chi connectivity index (χ1) is 30.1. The number of ether oxygens (including phenoxy) is 8. The Balaban J connectivity index is 1.55. The third kappa shape index (κ3) is 15.0. The van der Waals surface area contributed by atoms with Crippen molar-refractivity contribution in [2.24, 2.45) is 5.92 Å². The molecular formula is C50H66O10SeSi. The van der Waals surface area contributed by atoms with Crippen LogP contribution in [0.3, 0.4) is 0 Å². The Morgan fingerprint density at radius 2 is 1.55 bits per heavy atom. The van der Waals surface area contributed by atoms with Crippen molar-refractivity contribution in [2.45, 2.75) is 121 Å². The monoisotopic (exact) mass is 936 g/mol. The van der Waals surface area contributed by atoms with E-state index >= 15 is 0 Å². The summed E-state index contributed by atoms with van der Waals surface area (Å²) in [5.41, 5.74) is 2.48. The molecule has 0 saturated carbocycles. The molecule has 1 aliphatic rings. The van der Waals surface area contributed by atoms with E-state index in [9.17, 15) is 9.59 Å². The van der Waals surface area contributed by atoms with Crippen LogP contribution in [0.25, 0.3) is 0 Å². The minimum atomic E-state index is -1.53. The first-order valence-electron chi connectivity index (χ1n) is 22.1. The minimum absolute atomic E-state index is 0.0762. The van der Waals surface area contributed by atoms with Gasteiger partial charge in [0.15, 0.2) is 0 Å². The maximum atomic E-state index is 14.4. The van der Waals surface area contributed by atoms with E-state index in [1.165, 1.54) is 0 Å². The molecule has 0 bridgehead atoms. The van der Waals surface area contributed by atoms with E-state index < -0.39 is 44.1 Å². The zero-order valence-corrected chi connectivity index (χ0v) is 40.6. The number of methoxy groups -OCH3 is 2. The van der Waals surface area contributed by atoms with Gasteiger partial charge in [-0.25, -0.2) is 0 Å². The van der Waals surface area contributed by atoms with Crippen LogP contribution in [0, 0.1) is 5.92 Å². The van der Waals surface area contributed by atoms with Gasteiger partial charge < -0.3 is 0 Å². The van der Waals surface area contributed by atoms with Crippen molar-refractivity contribution in [3.8, 4) is 17.2 Å². The molecule has 336 valence electrons. The molecule has 0 amide bonds. The number of hydrogen-bond acceptors (Lipinski definition) is 10. The molecular weight excluding hydrogens is 868 g/mol. The molecule has 4 aromatic rings. The van der Waals surface area contributed by atoms with Gasteiger partial charge in [-0.3, -0.25) is 0 Å². The molecule has 1 aliphatic heterocycles. The molecule has 5 rings (SSSR count). The molecule has 0 aliphatic carbocycles. The van der Waals surface area contributed by atoms with Crippen LogP contribution in [-0.2, 0) is 30.3 Å². The fraction of sp³-hybridized carbons (Fsp3) is 0.480. The van der Waals surface area contributed by atoms with Crippen molar-refractivity contribution in [2.75, 3.05) is 27.6 Å². The van der Waals surface area contributed by atoms with Crippen LogP contribution in [0.5, 0.6) is 17.2 Å². The van der Waals surface area contributed by atoms with Crippen molar-refractivity contribution < 1.29 is 48.9 Å². The Bertz CT molecular complexity index is 2030. The number of carbonyl (C=O) groups excluding carboxylic acids is 2. The average molecular weight is 936 g/mol. The molecule has 1 unspecified atom stereocenters. The summed E-state index contributed by atoms with van der Waals surface area (Å²) in [5, 5.41) is 0. The Hall–Kier alpha value is -4.16. The van der Waals surface area contributed by atoms with E-state index in [-0.39, 0.29) is 45.5 Å². The molecule has 62 heavy (non-hydrogen) atoms. The van der Waals surface area contributed by atoms with Crippen molar-refractivity contribution in [1.82, 2.24) is 0 Å². The first-order valence-corrected chi connectivity index (χ1v) is 27.1. The molecule has 12 heteroatoms.